The van der Waals surface area contributed by atoms with Crippen LogP contribution in [0.4, 0.5) is 5.69 Å². The van der Waals surface area contributed by atoms with Gasteiger partial charge in [-0.2, -0.15) is 0 Å². The molecule has 0 aliphatic rings. The molecule has 0 spiro atoms. The molecule has 16 heavy (non-hydrogen) atoms. The summed E-state index contributed by atoms with van der Waals surface area (Å²) >= 11 is 0. The Hall–Kier alpha value is -2.24. The number of aromatic nitrogens is 2. The lowest BCUT2D eigenvalue weighted by Gasteiger charge is -1.97. The molecule has 1 aromatic carbocycles. The first-order valence-electron chi connectivity index (χ1n) is 4.68. The van der Waals surface area contributed by atoms with Crippen LogP contribution in [-0.4, -0.2) is 15.2 Å². The number of aryl methyl sites for hydroxylation is 1. The van der Waals surface area contributed by atoms with Crippen LogP contribution in [0.3, 0.4) is 0 Å². The highest BCUT2D eigenvalue weighted by molar-refractivity contribution is 5.34. The van der Waals surface area contributed by atoms with Gasteiger partial charge in [0.05, 0.1) is 4.92 Å². The lowest BCUT2D eigenvalue weighted by Crippen LogP contribution is -1.92. The van der Waals surface area contributed by atoms with Crippen LogP contribution in [0.25, 0.3) is 0 Å². The number of rotatable bonds is 3. The Labute approximate surface area is 91.0 Å². The predicted molar refractivity (Wildman–Crippen MR) is 54.9 cm³/mol. The van der Waals surface area contributed by atoms with Gasteiger partial charge in [0.1, 0.15) is 11.4 Å². The zero-order chi connectivity index (χ0) is 11.5. The minimum absolute atomic E-state index is 0.0822. The maximum Gasteiger partial charge on any atom is 0.269 e. The van der Waals surface area contributed by atoms with Gasteiger partial charge in [0, 0.05) is 18.6 Å². The molecule has 0 saturated carbocycles. The van der Waals surface area contributed by atoms with Crippen molar-refractivity contribution in [3.63, 3.8) is 0 Å². The molecule has 0 aliphatic heterocycles. The summed E-state index contributed by atoms with van der Waals surface area (Å²) in [4.78, 5) is 10.0. The average Bonchev–Trinajstić information content (AvgIpc) is 2.65. The minimum Gasteiger partial charge on any atom is -0.258 e. The second-order valence-corrected chi connectivity index (χ2v) is 3.40. The Kier molecular flexibility index (Phi) is 2.63. The molecule has 0 bridgehead atoms. The van der Waals surface area contributed by atoms with Gasteiger partial charge in [-0.15, -0.1) is 0 Å². The molecule has 0 saturated heterocycles. The molecule has 82 valence electrons. The minimum atomic E-state index is -0.424. The monoisotopic (exact) mass is 219 g/mol. The molecule has 0 N–H and O–H groups in total. The van der Waals surface area contributed by atoms with Crippen molar-refractivity contribution < 1.29 is 9.55 Å². The average molecular weight is 219 g/mol. The van der Waals surface area contributed by atoms with Crippen molar-refractivity contribution >= 4 is 5.69 Å². The van der Waals surface area contributed by atoms with E-state index in [9.17, 15) is 10.1 Å². The molecule has 0 aliphatic carbocycles. The first kappa shape index (κ1) is 10.3. The van der Waals surface area contributed by atoms with Gasteiger partial charge in [-0.05, 0) is 12.5 Å². The van der Waals surface area contributed by atoms with E-state index >= 15 is 0 Å². The molecule has 6 nitrogen and oxygen atoms in total. The molecule has 0 radical (unpaired) electrons. The van der Waals surface area contributed by atoms with Crippen LogP contribution in [0.15, 0.2) is 28.9 Å². The fourth-order valence-corrected chi connectivity index (χ4v) is 1.34. The van der Waals surface area contributed by atoms with Crippen molar-refractivity contribution in [3.05, 3.63) is 51.3 Å². The van der Waals surface area contributed by atoms with E-state index in [0.29, 0.717) is 6.42 Å². The SMILES string of the molecule is Cc1nonc1Cc1ccc([N+](=O)[O-])cc1. The van der Waals surface area contributed by atoms with Gasteiger partial charge in [0.2, 0.25) is 0 Å². The highest BCUT2D eigenvalue weighted by Gasteiger charge is 2.08. The summed E-state index contributed by atoms with van der Waals surface area (Å²) in [7, 11) is 0. The quantitative estimate of drug-likeness (QED) is 0.581. The van der Waals surface area contributed by atoms with Gasteiger partial charge >= 0.3 is 0 Å². The number of hydrogen-bond donors (Lipinski definition) is 0. The smallest absolute Gasteiger partial charge is 0.258 e. The van der Waals surface area contributed by atoms with E-state index in [1.54, 1.807) is 19.1 Å². The van der Waals surface area contributed by atoms with Crippen molar-refractivity contribution in [3.8, 4) is 0 Å². The van der Waals surface area contributed by atoms with E-state index in [1.807, 2.05) is 0 Å². The highest BCUT2D eigenvalue weighted by Crippen LogP contribution is 2.15. The Balaban J connectivity index is 2.17. The third-order valence-corrected chi connectivity index (χ3v) is 2.27. The first-order chi connectivity index (χ1) is 7.66. The third kappa shape index (κ3) is 2.05. The molecule has 0 atom stereocenters. The predicted octanol–water partition coefficient (Wildman–Crippen LogP) is 1.88. The van der Waals surface area contributed by atoms with Crippen molar-refractivity contribution in [2.75, 3.05) is 0 Å². The van der Waals surface area contributed by atoms with Gasteiger partial charge < -0.3 is 0 Å². The van der Waals surface area contributed by atoms with E-state index in [2.05, 4.69) is 14.9 Å². The zero-order valence-corrected chi connectivity index (χ0v) is 8.58. The lowest BCUT2D eigenvalue weighted by molar-refractivity contribution is -0.384. The Morgan fingerprint density at radius 2 is 2.00 bits per heavy atom. The van der Waals surface area contributed by atoms with E-state index in [1.165, 1.54) is 12.1 Å². The van der Waals surface area contributed by atoms with E-state index in [-0.39, 0.29) is 5.69 Å². The van der Waals surface area contributed by atoms with Crippen molar-refractivity contribution in [1.29, 1.82) is 0 Å². The molecular formula is C10H9N3O3. The van der Waals surface area contributed by atoms with Crippen molar-refractivity contribution in [1.82, 2.24) is 10.3 Å². The number of nitro benzene ring substituents is 1. The molecular weight excluding hydrogens is 210 g/mol. The number of non-ortho nitro benzene ring substituents is 1. The second kappa shape index (κ2) is 4.09. The zero-order valence-electron chi connectivity index (χ0n) is 8.58. The van der Waals surface area contributed by atoms with Gasteiger partial charge in [0.25, 0.3) is 5.69 Å². The van der Waals surface area contributed by atoms with E-state index in [0.717, 1.165) is 17.0 Å². The summed E-state index contributed by atoms with van der Waals surface area (Å²) in [6, 6.07) is 6.34. The van der Waals surface area contributed by atoms with Crippen LogP contribution in [0, 0.1) is 17.0 Å². The van der Waals surface area contributed by atoms with Crippen LogP contribution in [-0.2, 0) is 6.42 Å². The van der Waals surface area contributed by atoms with Gasteiger partial charge in [-0.25, -0.2) is 4.63 Å². The summed E-state index contributed by atoms with van der Waals surface area (Å²) < 4.78 is 4.57. The summed E-state index contributed by atoms with van der Waals surface area (Å²) in [6.45, 7) is 1.80. The standard InChI is InChI=1S/C10H9N3O3/c1-7-10(12-16-11-7)6-8-2-4-9(5-3-8)13(14)15/h2-5H,6H2,1H3. The van der Waals surface area contributed by atoms with Crippen LogP contribution in [0.2, 0.25) is 0 Å². The molecule has 1 aromatic heterocycles. The van der Waals surface area contributed by atoms with Crippen molar-refractivity contribution in [2.24, 2.45) is 0 Å². The molecule has 0 amide bonds. The normalized spacial score (nSPS) is 10.3. The maximum absolute atomic E-state index is 10.5. The number of hydrogen-bond acceptors (Lipinski definition) is 5. The van der Waals surface area contributed by atoms with Crippen LogP contribution < -0.4 is 0 Å². The number of nitro groups is 1. The number of benzene rings is 1. The number of nitrogens with zero attached hydrogens (tertiary/aromatic N) is 3. The molecule has 1 heterocycles. The van der Waals surface area contributed by atoms with E-state index < -0.39 is 4.92 Å². The molecule has 2 rings (SSSR count). The van der Waals surface area contributed by atoms with E-state index in [4.69, 9.17) is 0 Å². The van der Waals surface area contributed by atoms with Crippen molar-refractivity contribution in [2.45, 2.75) is 13.3 Å². The Morgan fingerprint density at radius 1 is 1.31 bits per heavy atom. The summed E-state index contributed by atoms with van der Waals surface area (Å²) in [5.74, 6) is 0. The first-order valence-corrected chi connectivity index (χ1v) is 4.68. The molecule has 0 unspecified atom stereocenters. The topological polar surface area (TPSA) is 82.1 Å². The Bertz CT molecular complexity index is 504. The van der Waals surface area contributed by atoms with Gasteiger partial charge in [-0.3, -0.25) is 10.1 Å². The Morgan fingerprint density at radius 3 is 2.50 bits per heavy atom. The third-order valence-electron chi connectivity index (χ3n) is 2.27. The van der Waals surface area contributed by atoms with Crippen LogP contribution >= 0.6 is 0 Å². The lowest BCUT2D eigenvalue weighted by atomic mass is 10.1. The van der Waals surface area contributed by atoms with Gasteiger partial charge in [-0.1, -0.05) is 22.4 Å². The van der Waals surface area contributed by atoms with Crippen LogP contribution in [0.5, 0.6) is 0 Å². The molecule has 0 fully saturated rings. The fourth-order valence-electron chi connectivity index (χ4n) is 1.34. The summed E-state index contributed by atoms with van der Waals surface area (Å²) in [5.41, 5.74) is 2.50. The molecule has 2 aromatic rings. The van der Waals surface area contributed by atoms with Crippen LogP contribution in [0.1, 0.15) is 17.0 Å². The van der Waals surface area contributed by atoms with Gasteiger partial charge in [0.15, 0.2) is 0 Å². The fraction of sp³-hybridized carbons (Fsp3) is 0.200. The highest BCUT2D eigenvalue weighted by atomic mass is 16.6. The second-order valence-electron chi connectivity index (χ2n) is 3.40. The summed E-state index contributed by atoms with van der Waals surface area (Å²) in [5, 5.41) is 17.9. The maximum atomic E-state index is 10.5. The summed E-state index contributed by atoms with van der Waals surface area (Å²) in [6.07, 6.45) is 0.563. The molecule has 6 heteroatoms. The largest absolute Gasteiger partial charge is 0.269 e.